The number of nitrogens with one attached hydrogen (secondary N) is 1. The summed E-state index contributed by atoms with van der Waals surface area (Å²) in [5.41, 5.74) is 1.17. The van der Waals surface area contributed by atoms with Crippen molar-refractivity contribution >= 4 is 11.9 Å². The van der Waals surface area contributed by atoms with Crippen LogP contribution in [0.5, 0.6) is 0 Å². The second-order valence-electron chi connectivity index (χ2n) is 5.33. The highest BCUT2D eigenvalue weighted by Crippen LogP contribution is 2.24. The van der Waals surface area contributed by atoms with E-state index in [-0.39, 0.29) is 11.9 Å². The quantitative estimate of drug-likeness (QED) is 0.829. The monoisotopic (exact) mass is 276 g/mol. The molecule has 1 aromatic rings. The van der Waals surface area contributed by atoms with Gasteiger partial charge < -0.3 is 10.4 Å². The molecule has 108 valence electrons. The first-order valence-corrected chi connectivity index (χ1v) is 7.05. The first-order chi connectivity index (χ1) is 9.59. The molecule has 2 N–H and O–H groups in total. The summed E-state index contributed by atoms with van der Waals surface area (Å²) < 4.78 is 0. The summed E-state index contributed by atoms with van der Waals surface area (Å²) in [5.74, 6) is -1.60. The average molecular weight is 276 g/mol. The molecule has 0 saturated heterocycles. The van der Waals surface area contributed by atoms with Crippen LogP contribution in [-0.4, -0.2) is 28.0 Å². The van der Waals surface area contributed by atoms with Crippen molar-refractivity contribution in [2.24, 2.45) is 5.92 Å². The number of aryl methyl sites for hydroxylation is 1. The zero-order chi connectivity index (χ0) is 14.5. The van der Waals surface area contributed by atoms with E-state index in [1.807, 2.05) is 13.0 Å². The van der Waals surface area contributed by atoms with E-state index >= 15 is 0 Å². The lowest BCUT2D eigenvalue weighted by molar-refractivity contribution is -0.142. The Kier molecular flexibility index (Phi) is 4.71. The minimum atomic E-state index is -0.824. The van der Waals surface area contributed by atoms with Crippen LogP contribution in [0.4, 0.5) is 0 Å². The molecule has 1 aliphatic rings. The molecule has 0 aliphatic heterocycles. The van der Waals surface area contributed by atoms with Crippen molar-refractivity contribution in [2.75, 3.05) is 0 Å². The number of nitrogens with zero attached hydrogens (tertiary/aromatic N) is 1. The predicted octanol–water partition coefficient (Wildman–Crippen LogP) is 2.15. The number of aromatic nitrogens is 1. The van der Waals surface area contributed by atoms with Crippen LogP contribution in [0.2, 0.25) is 0 Å². The van der Waals surface area contributed by atoms with Gasteiger partial charge in [-0.2, -0.15) is 0 Å². The maximum Gasteiger partial charge on any atom is 0.308 e. The second-order valence-corrected chi connectivity index (χ2v) is 5.33. The van der Waals surface area contributed by atoms with Crippen molar-refractivity contribution in [2.45, 2.75) is 45.1 Å². The van der Waals surface area contributed by atoms with Crippen molar-refractivity contribution in [1.29, 1.82) is 0 Å². The minimum absolute atomic E-state index is 0.277. The van der Waals surface area contributed by atoms with Crippen LogP contribution < -0.4 is 5.32 Å². The van der Waals surface area contributed by atoms with Crippen LogP contribution in [-0.2, 0) is 4.79 Å². The molecule has 1 amide bonds. The van der Waals surface area contributed by atoms with Gasteiger partial charge in [-0.1, -0.05) is 25.3 Å². The van der Waals surface area contributed by atoms with Gasteiger partial charge in [0.25, 0.3) is 5.91 Å². The van der Waals surface area contributed by atoms with Crippen LogP contribution in [0.15, 0.2) is 18.3 Å². The third kappa shape index (κ3) is 3.35. The van der Waals surface area contributed by atoms with E-state index in [1.54, 1.807) is 12.3 Å². The molecule has 1 heterocycles. The largest absolute Gasteiger partial charge is 0.481 e. The molecule has 0 aromatic carbocycles. The summed E-state index contributed by atoms with van der Waals surface area (Å²) in [6.45, 7) is 1.82. The summed E-state index contributed by atoms with van der Waals surface area (Å²) >= 11 is 0. The number of carbonyl (C=O) groups excluding carboxylic acids is 1. The Hall–Kier alpha value is -1.91. The molecule has 1 fully saturated rings. The van der Waals surface area contributed by atoms with Crippen LogP contribution in [0.1, 0.15) is 48.2 Å². The fraction of sp³-hybridized carbons (Fsp3) is 0.533. The van der Waals surface area contributed by atoms with Crippen LogP contribution in [0.3, 0.4) is 0 Å². The molecule has 2 rings (SSSR count). The maximum absolute atomic E-state index is 12.2. The number of rotatable bonds is 3. The van der Waals surface area contributed by atoms with E-state index in [1.165, 1.54) is 0 Å². The fourth-order valence-corrected chi connectivity index (χ4v) is 2.74. The Morgan fingerprint density at radius 3 is 2.75 bits per heavy atom. The SMILES string of the molecule is Cc1cccnc1C(=O)N[C@H]1CCCCC[C@H]1C(=O)O. The van der Waals surface area contributed by atoms with Gasteiger partial charge in [0.05, 0.1) is 5.92 Å². The van der Waals surface area contributed by atoms with E-state index in [4.69, 9.17) is 0 Å². The Balaban J connectivity index is 2.12. The molecule has 1 aromatic heterocycles. The summed E-state index contributed by atoms with van der Waals surface area (Å²) in [5, 5.41) is 12.2. The smallest absolute Gasteiger partial charge is 0.308 e. The van der Waals surface area contributed by atoms with Gasteiger partial charge in [0.1, 0.15) is 5.69 Å². The molecule has 0 unspecified atom stereocenters. The van der Waals surface area contributed by atoms with E-state index in [0.29, 0.717) is 18.5 Å². The van der Waals surface area contributed by atoms with Crippen molar-refractivity contribution in [3.8, 4) is 0 Å². The Morgan fingerprint density at radius 1 is 1.30 bits per heavy atom. The van der Waals surface area contributed by atoms with E-state index in [0.717, 1.165) is 24.8 Å². The van der Waals surface area contributed by atoms with E-state index in [2.05, 4.69) is 10.3 Å². The van der Waals surface area contributed by atoms with Gasteiger partial charge in [0.2, 0.25) is 0 Å². The van der Waals surface area contributed by atoms with Crippen LogP contribution >= 0.6 is 0 Å². The highest BCUT2D eigenvalue weighted by molar-refractivity contribution is 5.94. The van der Waals surface area contributed by atoms with E-state index < -0.39 is 11.9 Å². The summed E-state index contributed by atoms with van der Waals surface area (Å²) in [4.78, 5) is 27.7. The number of carboxylic acid groups (broad SMARTS) is 1. The third-order valence-electron chi connectivity index (χ3n) is 3.87. The second kappa shape index (κ2) is 6.50. The normalized spacial score (nSPS) is 22.9. The van der Waals surface area contributed by atoms with Gasteiger partial charge in [-0.15, -0.1) is 0 Å². The molecule has 2 atom stereocenters. The standard InChI is InChI=1S/C15H20N2O3/c1-10-6-5-9-16-13(10)14(18)17-12-8-4-2-3-7-11(12)15(19)20/h5-6,9,11-12H,2-4,7-8H2,1H3,(H,17,18)(H,19,20)/t11-,12+/m1/s1. The topological polar surface area (TPSA) is 79.3 Å². The summed E-state index contributed by atoms with van der Waals surface area (Å²) in [6.07, 6.45) is 5.81. The molecule has 5 nitrogen and oxygen atoms in total. The van der Waals surface area contributed by atoms with Crippen molar-refractivity contribution in [3.05, 3.63) is 29.6 Å². The number of amides is 1. The third-order valence-corrected chi connectivity index (χ3v) is 3.87. The Bertz CT molecular complexity index is 502. The zero-order valence-electron chi connectivity index (χ0n) is 11.6. The van der Waals surface area contributed by atoms with Crippen LogP contribution in [0.25, 0.3) is 0 Å². The molecule has 0 radical (unpaired) electrons. The van der Waals surface area contributed by atoms with Gasteiger partial charge in [-0.3, -0.25) is 14.6 Å². The lowest BCUT2D eigenvalue weighted by atomic mass is 9.94. The average Bonchev–Trinajstić information content (AvgIpc) is 2.64. The van der Waals surface area contributed by atoms with Gasteiger partial charge in [-0.05, 0) is 31.4 Å². The molecule has 1 aliphatic carbocycles. The van der Waals surface area contributed by atoms with Gasteiger partial charge >= 0.3 is 5.97 Å². The van der Waals surface area contributed by atoms with Crippen molar-refractivity contribution in [1.82, 2.24) is 10.3 Å². The first-order valence-electron chi connectivity index (χ1n) is 7.05. The first kappa shape index (κ1) is 14.5. The number of hydrogen-bond donors (Lipinski definition) is 2. The number of carboxylic acids is 1. The molecule has 20 heavy (non-hydrogen) atoms. The summed E-state index contributed by atoms with van der Waals surface area (Å²) in [7, 11) is 0. The maximum atomic E-state index is 12.2. The molecule has 5 heteroatoms. The summed E-state index contributed by atoms with van der Waals surface area (Å²) in [6, 6.07) is 3.30. The van der Waals surface area contributed by atoms with Crippen molar-refractivity contribution < 1.29 is 14.7 Å². The lowest BCUT2D eigenvalue weighted by Gasteiger charge is -2.22. The Labute approximate surface area is 118 Å². The Morgan fingerprint density at radius 2 is 2.05 bits per heavy atom. The van der Waals surface area contributed by atoms with Gasteiger partial charge in [0.15, 0.2) is 0 Å². The number of carbonyl (C=O) groups is 2. The molecule has 0 spiro atoms. The van der Waals surface area contributed by atoms with Gasteiger partial charge in [0, 0.05) is 12.2 Å². The molecule has 0 bridgehead atoms. The highest BCUT2D eigenvalue weighted by atomic mass is 16.4. The molecular weight excluding hydrogens is 256 g/mol. The highest BCUT2D eigenvalue weighted by Gasteiger charge is 2.31. The number of pyridine rings is 1. The molecule has 1 saturated carbocycles. The van der Waals surface area contributed by atoms with Crippen LogP contribution in [0, 0.1) is 12.8 Å². The molecular formula is C15H20N2O3. The number of aliphatic carboxylic acids is 1. The van der Waals surface area contributed by atoms with Crippen molar-refractivity contribution in [3.63, 3.8) is 0 Å². The zero-order valence-corrected chi connectivity index (χ0v) is 11.6. The predicted molar refractivity (Wildman–Crippen MR) is 74.4 cm³/mol. The van der Waals surface area contributed by atoms with E-state index in [9.17, 15) is 14.7 Å². The number of hydrogen-bond acceptors (Lipinski definition) is 3. The fourth-order valence-electron chi connectivity index (χ4n) is 2.74. The minimum Gasteiger partial charge on any atom is -0.481 e. The lowest BCUT2D eigenvalue weighted by Crippen LogP contribution is -2.43. The van der Waals surface area contributed by atoms with Gasteiger partial charge in [-0.25, -0.2) is 0 Å².